The molecule has 142 valence electrons. The van der Waals surface area contributed by atoms with Gasteiger partial charge in [-0.05, 0) is 26.0 Å². The highest BCUT2D eigenvalue weighted by atomic mass is 16.5. The number of rotatable bonds is 6. The lowest BCUT2D eigenvalue weighted by molar-refractivity contribution is -0.0647. The molecular weight excluding hydrogens is 330 g/mol. The van der Waals surface area contributed by atoms with Gasteiger partial charge in [0.2, 0.25) is 0 Å². The first-order valence-electron chi connectivity index (χ1n) is 9.24. The number of hydrogen-bond donors (Lipinski definition) is 2. The second-order valence-corrected chi connectivity index (χ2v) is 7.20. The summed E-state index contributed by atoms with van der Waals surface area (Å²) in [5.41, 5.74) is 2.26. The van der Waals surface area contributed by atoms with Crippen molar-refractivity contribution < 1.29 is 14.6 Å². The molecule has 2 N–H and O–H groups in total. The van der Waals surface area contributed by atoms with Gasteiger partial charge in [0.25, 0.3) is 0 Å². The zero-order valence-corrected chi connectivity index (χ0v) is 15.9. The number of β-amino-alcohol motifs (C(OH)–C–C–N with tert-alkyl or cyclic N) is 1. The molecule has 0 spiro atoms. The van der Waals surface area contributed by atoms with E-state index in [4.69, 9.17) is 9.47 Å². The van der Waals surface area contributed by atoms with Gasteiger partial charge in [-0.1, -0.05) is 24.6 Å². The number of benzene rings is 1. The summed E-state index contributed by atoms with van der Waals surface area (Å²) < 4.78 is 11.5. The average molecular weight is 359 g/mol. The van der Waals surface area contributed by atoms with E-state index in [-0.39, 0.29) is 13.2 Å². The van der Waals surface area contributed by atoms with Crippen molar-refractivity contribution in [2.24, 2.45) is 0 Å². The monoisotopic (exact) mass is 359 g/mol. The summed E-state index contributed by atoms with van der Waals surface area (Å²) in [6.45, 7) is 9.19. The summed E-state index contributed by atoms with van der Waals surface area (Å²) >= 11 is 0. The second kappa shape index (κ2) is 8.20. The van der Waals surface area contributed by atoms with Crippen LogP contribution in [0.5, 0.6) is 5.75 Å². The van der Waals surface area contributed by atoms with Crippen LogP contribution >= 0.6 is 0 Å². The Hall–Kier alpha value is -1.89. The molecule has 1 atom stereocenters. The van der Waals surface area contributed by atoms with E-state index in [1.807, 2.05) is 38.1 Å². The Bertz CT molecular complexity index is 714. The number of aryl methyl sites for hydroxylation is 3. The van der Waals surface area contributed by atoms with Gasteiger partial charge in [0.1, 0.15) is 23.8 Å². The van der Waals surface area contributed by atoms with Gasteiger partial charge >= 0.3 is 0 Å². The summed E-state index contributed by atoms with van der Waals surface area (Å²) in [5.74, 6) is 1.76. The second-order valence-electron chi connectivity index (χ2n) is 7.20. The molecule has 0 bridgehead atoms. The minimum absolute atomic E-state index is 0.201. The van der Waals surface area contributed by atoms with Crippen molar-refractivity contribution in [1.82, 2.24) is 14.9 Å². The molecule has 0 aliphatic carbocycles. The molecule has 1 aromatic carbocycles. The van der Waals surface area contributed by atoms with Gasteiger partial charge in [-0.25, -0.2) is 4.98 Å². The highest BCUT2D eigenvalue weighted by Gasteiger charge is 2.34. The third-order valence-corrected chi connectivity index (χ3v) is 4.71. The van der Waals surface area contributed by atoms with Crippen LogP contribution in [0.2, 0.25) is 0 Å². The Morgan fingerprint density at radius 1 is 1.31 bits per heavy atom. The maximum absolute atomic E-state index is 11.0. The van der Waals surface area contributed by atoms with Gasteiger partial charge < -0.3 is 19.6 Å². The Labute approximate surface area is 155 Å². The lowest BCUT2D eigenvalue weighted by atomic mass is 10.1. The van der Waals surface area contributed by atoms with E-state index in [1.54, 1.807) is 0 Å². The first-order chi connectivity index (χ1) is 12.5. The SMILES string of the molecule is CCc1nc(CN2CCOCC(O)(COc3ccc(C)cc3)C2)c(C)[nH]1. The predicted molar refractivity (Wildman–Crippen MR) is 100 cm³/mol. The van der Waals surface area contributed by atoms with Crippen molar-refractivity contribution in [2.75, 3.05) is 32.9 Å². The predicted octanol–water partition coefficient (Wildman–Crippen LogP) is 2.23. The molecule has 2 aromatic rings. The summed E-state index contributed by atoms with van der Waals surface area (Å²) in [6, 6.07) is 7.85. The van der Waals surface area contributed by atoms with Crippen molar-refractivity contribution in [2.45, 2.75) is 39.3 Å². The molecule has 0 saturated carbocycles. The molecule has 6 nitrogen and oxygen atoms in total. The number of imidazole rings is 1. The van der Waals surface area contributed by atoms with Crippen molar-refractivity contribution in [3.63, 3.8) is 0 Å². The van der Waals surface area contributed by atoms with Crippen LogP contribution in [0.15, 0.2) is 24.3 Å². The number of nitrogens with one attached hydrogen (secondary N) is 1. The number of aliphatic hydroxyl groups is 1. The molecular formula is C20H29N3O3. The quantitative estimate of drug-likeness (QED) is 0.828. The molecule has 6 heteroatoms. The first kappa shape index (κ1) is 18.9. The normalized spacial score (nSPS) is 21.5. The van der Waals surface area contributed by atoms with Crippen molar-refractivity contribution in [3.05, 3.63) is 47.0 Å². The number of nitrogens with zero attached hydrogens (tertiary/aromatic N) is 2. The molecule has 1 aromatic heterocycles. The zero-order valence-electron chi connectivity index (χ0n) is 15.9. The van der Waals surface area contributed by atoms with Crippen LogP contribution in [0, 0.1) is 13.8 Å². The first-order valence-corrected chi connectivity index (χ1v) is 9.24. The van der Waals surface area contributed by atoms with Gasteiger partial charge in [0.05, 0.1) is 18.9 Å². The van der Waals surface area contributed by atoms with E-state index in [2.05, 4.69) is 21.8 Å². The van der Waals surface area contributed by atoms with Crippen molar-refractivity contribution in [3.8, 4) is 5.75 Å². The molecule has 0 amide bonds. The summed E-state index contributed by atoms with van der Waals surface area (Å²) in [5, 5.41) is 11.0. The van der Waals surface area contributed by atoms with Crippen LogP contribution in [-0.2, 0) is 17.7 Å². The van der Waals surface area contributed by atoms with Crippen LogP contribution in [-0.4, -0.2) is 58.5 Å². The van der Waals surface area contributed by atoms with E-state index in [9.17, 15) is 5.11 Å². The number of hydrogen-bond acceptors (Lipinski definition) is 5. The molecule has 0 radical (unpaired) electrons. The Kier molecular flexibility index (Phi) is 5.96. The minimum atomic E-state index is -1.04. The maximum atomic E-state index is 11.0. The van der Waals surface area contributed by atoms with Gasteiger partial charge in [0, 0.05) is 31.7 Å². The van der Waals surface area contributed by atoms with Crippen molar-refractivity contribution in [1.29, 1.82) is 0 Å². The molecule has 3 rings (SSSR count). The fourth-order valence-electron chi connectivity index (χ4n) is 3.17. The average Bonchev–Trinajstić information content (AvgIpc) is 2.86. The summed E-state index contributed by atoms with van der Waals surface area (Å²) in [6.07, 6.45) is 0.887. The van der Waals surface area contributed by atoms with E-state index >= 15 is 0 Å². The molecule has 1 aliphatic rings. The van der Waals surface area contributed by atoms with Crippen LogP contribution in [0.3, 0.4) is 0 Å². The molecule has 2 heterocycles. The number of aromatic nitrogens is 2. The van der Waals surface area contributed by atoms with Crippen molar-refractivity contribution >= 4 is 0 Å². The lowest BCUT2D eigenvalue weighted by Crippen LogP contribution is -2.48. The smallest absolute Gasteiger partial charge is 0.134 e. The Morgan fingerprint density at radius 2 is 2.08 bits per heavy atom. The largest absolute Gasteiger partial charge is 0.490 e. The number of aromatic amines is 1. The van der Waals surface area contributed by atoms with Gasteiger partial charge in [-0.3, -0.25) is 4.90 Å². The fourth-order valence-corrected chi connectivity index (χ4v) is 3.17. The Balaban J connectivity index is 1.63. The van der Waals surface area contributed by atoms with Crippen LogP contribution in [0.4, 0.5) is 0 Å². The van der Waals surface area contributed by atoms with Crippen LogP contribution in [0.1, 0.15) is 29.7 Å². The van der Waals surface area contributed by atoms with E-state index in [1.165, 1.54) is 5.56 Å². The molecule has 1 saturated heterocycles. The van der Waals surface area contributed by atoms with E-state index in [0.717, 1.165) is 35.9 Å². The molecule has 1 aliphatic heterocycles. The minimum Gasteiger partial charge on any atom is -0.490 e. The van der Waals surface area contributed by atoms with Gasteiger partial charge in [-0.2, -0.15) is 0 Å². The molecule has 1 unspecified atom stereocenters. The topological polar surface area (TPSA) is 70.6 Å². The maximum Gasteiger partial charge on any atom is 0.134 e. The number of ether oxygens (including phenoxy) is 2. The van der Waals surface area contributed by atoms with Gasteiger partial charge in [0.15, 0.2) is 0 Å². The third kappa shape index (κ3) is 4.84. The van der Waals surface area contributed by atoms with Gasteiger partial charge in [-0.15, -0.1) is 0 Å². The fraction of sp³-hybridized carbons (Fsp3) is 0.550. The summed E-state index contributed by atoms with van der Waals surface area (Å²) in [4.78, 5) is 10.2. The van der Waals surface area contributed by atoms with Crippen LogP contribution < -0.4 is 4.74 Å². The van der Waals surface area contributed by atoms with E-state index in [0.29, 0.717) is 19.7 Å². The Morgan fingerprint density at radius 3 is 2.77 bits per heavy atom. The molecule has 1 fully saturated rings. The molecule has 26 heavy (non-hydrogen) atoms. The standard InChI is InChI=1S/C20H29N3O3/c1-4-19-21-16(3)18(22-19)11-23-9-10-25-13-20(24,12-23)14-26-17-7-5-15(2)6-8-17/h5-8,24H,4,9-14H2,1-3H3,(H,21,22). The third-order valence-electron chi connectivity index (χ3n) is 4.71. The van der Waals surface area contributed by atoms with E-state index < -0.39 is 5.60 Å². The zero-order chi connectivity index (χ0) is 18.6. The lowest BCUT2D eigenvalue weighted by Gasteiger charge is -2.30. The summed E-state index contributed by atoms with van der Waals surface area (Å²) in [7, 11) is 0. The highest BCUT2D eigenvalue weighted by molar-refractivity contribution is 5.26. The highest BCUT2D eigenvalue weighted by Crippen LogP contribution is 2.19. The number of H-pyrrole nitrogens is 1. The van der Waals surface area contributed by atoms with Crippen LogP contribution in [0.25, 0.3) is 0 Å².